The number of rotatable bonds is 2. The smallest absolute Gasteiger partial charge is 0.141 e. The number of hydrogen-bond donors (Lipinski definition) is 2. The minimum Gasteiger partial charge on any atom is -0.506 e. The van der Waals surface area contributed by atoms with Crippen LogP contribution in [-0.4, -0.2) is 16.4 Å². The molecule has 2 N–H and O–H groups in total. The number of aromatic hydroxyl groups is 2. The van der Waals surface area contributed by atoms with Crippen LogP contribution in [0.1, 0.15) is 31.9 Å². The zero-order chi connectivity index (χ0) is 16.5. The Labute approximate surface area is 157 Å². The molecule has 116 valence electrons. The van der Waals surface area contributed by atoms with Crippen LogP contribution in [0.3, 0.4) is 0 Å². The maximum Gasteiger partial charge on any atom is 0.141 e. The maximum atomic E-state index is 10.1. The zero-order valence-electron chi connectivity index (χ0n) is 12.6. The van der Waals surface area contributed by atoms with Gasteiger partial charge in [0.15, 0.2) is 0 Å². The Hall–Kier alpha value is -0.830. The lowest BCUT2D eigenvalue weighted by molar-refractivity contribution is 0.470. The van der Waals surface area contributed by atoms with Crippen LogP contribution in [0.25, 0.3) is 0 Å². The van der Waals surface area contributed by atoms with E-state index in [1.54, 1.807) is 12.3 Å². The Morgan fingerprint density at radius 3 is 2.36 bits per heavy atom. The Kier molecular flexibility index (Phi) is 5.37. The highest BCUT2D eigenvalue weighted by Crippen LogP contribution is 2.33. The summed E-state index contributed by atoms with van der Waals surface area (Å²) in [5, 5.41) is 20.1. The third kappa shape index (κ3) is 4.13. The number of hydrogen-bond acceptors (Lipinski definition) is 3. The van der Waals surface area contributed by atoms with Crippen molar-refractivity contribution >= 4 is 57.1 Å². The second-order valence-electron chi connectivity index (χ2n) is 6.04. The molecule has 0 radical (unpaired) electrons. The summed E-state index contributed by atoms with van der Waals surface area (Å²) in [5.41, 5.74) is 2.22. The van der Waals surface area contributed by atoms with Crippen molar-refractivity contribution in [3.63, 3.8) is 0 Å². The van der Waals surface area contributed by atoms with Crippen molar-refractivity contribution in [3.8, 4) is 11.5 Å². The van der Waals surface area contributed by atoms with Gasteiger partial charge in [-0.05, 0) is 80.4 Å². The minimum absolute atomic E-state index is 0.0163. The SMILES string of the molecule is CC(C)(C)c1ccc(O)c(N=Cc2cc(I)cc(I)c2O)c1. The molecule has 2 aromatic carbocycles. The van der Waals surface area contributed by atoms with Gasteiger partial charge in [0.25, 0.3) is 0 Å². The van der Waals surface area contributed by atoms with Gasteiger partial charge in [-0.2, -0.15) is 0 Å². The van der Waals surface area contributed by atoms with E-state index in [4.69, 9.17) is 0 Å². The Bertz CT molecular complexity index is 734. The summed E-state index contributed by atoms with van der Waals surface area (Å²) in [6.07, 6.45) is 1.58. The zero-order valence-corrected chi connectivity index (χ0v) is 16.9. The Balaban J connectivity index is 2.43. The molecule has 0 heterocycles. The summed E-state index contributed by atoms with van der Waals surface area (Å²) in [6, 6.07) is 9.19. The standard InChI is InChI=1S/C17H17I2NO2/c1-17(2,3)11-4-5-15(21)14(7-11)20-9-10-6-12(18)8-13(19)16(10)22/h4-9,21-22H,1-3H3. The first kappa shape index (κ1) is 17.5. The number of phenols is 2. The van der Waals surface area contributed by atoms with Crippen molar-refractivity contribution in [2.45, 2.75) is 26.2 Å². The molecule has 3 nitrogen and oxygen atoms in total. The Morgan fingerprint density at radius 1 is 1.05 bits per heavy atom. The molecule has 5 heteroatoms. The number of benzene rings is 2. The fraction of sp³-hybridized carbons (Fsp3) is 0.235. The molecular weight excluding hydrogens is 504 g/mol. The monoisotopic (exact) mass is 521 g/mol. The first-order chi connectivity index (χ1) is 10.2. The largest absolute Gasteiger partial charge is 0.506 e. The van der Waals surface area contributed by atoms with E-state index in [-0.39, 0.29) is 16.9 Å². The molecular formula is C17H17I2NO2. The van der Waals surface area contributed by atoms with E-state index in [1.165, 1.54) is 0 Å². The number of aliphatic imine (C=N–C) groups is 1. The van der Waals surface area contributed by atoms with Gasteiger partial charge >= 0.3 is 0 Å². The van der Waals surface area contributed by atoms with Crippen molar-refractivity contribution < 1.29 is 10.2 Å². The van der Waals surface area contributed by atoms with Gasteiger partial charge in [0, 0.05) is 15.3 Å². The molecule has 0 bridgehead atoms. The summed E-state index contributed by atoms with van der Waals surface area (Å²) in [5.74, 6) is 0.334. The predicted molar refractivity (Wildman–Crippen MR) is 108 cm³/mol. The van der Waals surface area contributed by atoms with Gasteiger partial charge in [0.1, 0.15) is 17.2 Å². The molecule has 0 aliphatic heterocycles. The van der Waals surface area contributed by atoms with E-state index < -0.39 is 0 Å². The van der Waals surface area contributed by atoms with Crippen LogP contribution in [0, 0.1) is 7.14 Å². The average Bonchev–Trinajstić information content (AvgIpc) is 2.41. The maximum absolute atomic E-state index is 10.1. The lowest BCUT2D eigenvalue weighted by Gasteiger charge is -2.19. The van der Waals surface area contributed by atoms with Gasteiger partial charge in [-0.25, -0.2) is 0 Å². The van der Waals surface area contributed by atoms with Crippen LogP contribution < -0.4 is 0 Å². The average molecular weight is 521 g/mol. The van der Waals surface area contributed by atoms with Gasteiger partial charge in [-0.3, -0.25) is 4.99 Å². The highest BCUT2D eigenvalue weighted by Gasteiger charge is 2.15. The third-order valence-electron chi connectivity index (χ3n) is 3.24. The molecule has 0 amide bonds. The number of halogens is 2. The summed E-state index contributed by atoms with van der Waals surface area (Å²) in [4.78, 5) is 4.35. The van der Waals surface area contributed by atoms with Crippen molar-refractivity contribution in [1.29, 1.82) is 0 Å². The minimum atomic E-state index is -0.0163. The molecule has 2 aromatic rings. The van der Waals surface area contributed by atoms with E-state index in [1.807, 2.05) is 24.3 Å². The Morgan fingerprint density at radius 2 is 1.73 bits per heavy atom. The number of nitrogens with zero attached hydrogens (tertiary/aromatic N) is 1. The van der Waals surface area contributed by atoms with Crippen molar-refractivity contribution in [2.75, 3.05) is 0 Å². The molecule has 0 aliphatic carbocycles. The van der Waals surface area contributed by atoms with Gasteiger partial charge in [-0.1, -0.05) is 26.8 Å². The van der Waals surface area contributed by atoms with E-state index in [0.29, 0.717) is 11.3 Å². The topological polar surface area (TPSA) is 52.8 Å². The fourth-order valence-corrected chi connectivity index (χ4v) is 3.81. The molecule has 0 atom stereocenters. The summed E-state index contributed by atoms with van der Waals surface area (Å²) in [6.45, 7) is 6.34. The lowest BCUT2D eigenvalue weighted by atomic mass is 9.87. The molecule has 0 fully saturated rings. The van der Waals surface area contributed by atoms with Gasteiger partial charge < -0.3 is 10.2 Å². The van der Waals surface area contributed by atoms with Crippen molar-refractivity contribution in [3.05, 3.63) is 48.6 Å². The van der Waals surface area contributed by atoms with E-state index in [0.717, 1.165) is 12.7 Å². The van der Waals surface area contributed by atoms with Crippen LogP contribution in [-0.2, 0) is 5.41 Å². The van der Waals surface area contributed by atoms with Crippen molar-refractivity contribution in [1.82, 2.24) is 0 Å². The third-order valence-corrected chi connectivity index (χ3v) is 4.69. The van der Waals surface area contributed by atoms with Crippen LogP contribution in [0.5, 0.6) is 11.5 Å². The van der Waals surface area contributed by atoms with E-state index in [9.17, 15) is 10.2 Å². The molecule has 0 saturated heterocycles. The fourth-order valence-electron chi connectivity index (χ4n) is 1.92. The predicted octanol–water partition coefficient (Wildman–Crippen LogP) is 5.36. The first-order valence-electron chi connectivity index (χ1n) is 6.74. The molecule has 2 rings (SSSR count). The molecule has 0 aromatic heterocycles. The second kappa shape index (κ2) is 6.74. The van der Waals surface area contributed by atoms with E-state index >= 15 is 0 Å². The summed E-state index contributed by atoms with van der Waals surface area (Å²) in [7, 11) is 0. The first-order valence-corrected chi connectivity index (χ1v) is 8.90. The number of phenolic OH excluding ortho intramolecular Hbond substituents is 2. The van der Waals surface area contributed by atoms with Crippen LogP contribution in [0.15, 0.2) is 35.3 Å². The molecule has 0 aliphatic rings. The highest BCUT2D eigenvalue weighted by atomic mass is 127. The van der Waals surface area contributed by atoms with Crippen LogP contribution in [0.4, 0.5) is 5.69 Å². The van der Waals surface area contributed by atoms with Gasteiger partial charge in [0.2, 0.25) is 0 Å². The van der Waals surface area contributed by atoms with Crippen molar-refractivity contribution in [2.24, 2.45) is 4.99 Å². The van der Waals surface area contributed by atoms with Gasteiger partial charge in [0.05, 0.1) is 3.57 Å². The molecule has 22 heavy (non-hydrogen) atoms. The van der Waals surface area contributed by atoms with Crippen LogP contribution >= 0.6 is 45.2 Å². The van der Waals surface area contributed by atoms with Crippen LogP contribution in [0.2, 0.25) is 0 Å². The lowest BCUT2D eigenvalue weighted by Crippen LogP contribution is -2.10. The molecule has 0 spiro atoms. The summed E-state index contributed by atoms with van der Waals surface area (Å²) < 4.78 is 1.80. The van der Waals surface area contributed by atoms with Gasteiger partial charge in [-0.15, -0.1) is 0 Å². The summed E-state index contributed by atoms with van der Waals surface area (Å²) >= 11 is 4.28. The normalized spacial score (nSPS) is 12.0. The van der Waals surface area contributed by atoms with E-state index in [2.05, 4.69) is 70.9 Å². The quantitative estimate of drug-likeness (QED) is 0.414. The second-order valence-corrected chi connectivity index (χ2v) is 8.44. The molecule has 0 saturated carbocycles. The highest BCUT2D eigenvalue weighted by molar-refractivity contribution is 14.1. The molecule has 0 unspecified atom stereocenters.